The Labute approximate surface area is 167 Å². The summed E-state index contributed by atoms with van der Waals surface area (Å²) in [6, 6.07) is 14.6. The Balaban J connectivity index is 2.16. The summed E-state index contributed by atoms with van der Waals surface area (Å²) in [5.74, 6) is 0. The fourth-order valence-corrected chi connectivity index (χ4v) is 5.28. The summed E-state index contributed by atoms with van der Waals surface area (Å²) in [6.45, 7) is 9.03. The van der Waals surface area contributed by atoms with Gasteiger partial charge in [-0.15, -0.1) is 0 Å². The molecule has 0 saturated carbocycles. The van der Waals surface area contributed by atoms with Crippen molar-refractivity contribution in [2.24, 2.45) is 0 Å². The third-order valence-corrected chi connectivity index (χ3v) is 6.86. The number of halogens is 1. The highest BCUT2D eigenvalue weighted by atomic mass is 35.5. The molecule has 0 amide bonds. The zero-order valence-electron chi connectivity index (χ0n) is 16.1. The molecule has 1 aliphatic rings. The topological polar surface area (TPSA) is 40.6 Å². The van der Waals surface area contributed by atoms with Crippen molar-refractivity contribution in [2.75, 3.05) is 10.8 Å². The van der Waals surface area contributed by atoms with Crippen molar-refractivity contribution in [1.82, 2.24) is 4.90 Å². The lowest BCUT2D eigenvalue weighted by molar-refractivity contribution is 0.191. The van der Waals surface area contributed by atoms with E-state index in [1.165, 1.54) is 4.31 Å². The van der Waals surface area contributed by atoms with Gasteiger partial charge in [-0.3, -0.25) is 4.90 Å². The summed E-state index contributed by atoms with van der Waals surface area (Å²) in [5, 5.41) is 0.574. The lowest BCUT2D eigenvalue weighted by Crippen LogP contribution is -2.44. The zero-order chi connectivity index (χ0) is 19.8. The van der Waals surface area contributed by atoms with Crippen LogP contribution >= 0.6 is 11.6 Å². The Bertz CT molecular complexity index is 942. The predicted octanol–water partition coefficient (Wildman–Crippen LogP) is 5.01. The van der Waals surface area contributed by atoms with Gasteiger partial charge in [-0.05, 0) is 69.7 Å². The molecule has 4 nitrogen and oxygen atoms in total. The highest BCUT2D eigenvalue weighted by Gasteiger charge is 2.34. The average molecular weight is 405 g/mol. The molecule has 3 rings (SSSR count). The average Bonchev–Trinajstić information content (AvgIpc) is 2.60. The second-order valence-corrected chi connectivity index (χ2v) is 9.47. The minimum Gasteiger partial charge on any atom is -0.293 e. The molecule has 6 heteroatoms. The number of rotatable bonds is 5. The van der Waals surface area contributed by atoms with Gasteiger partial charge in [0.05, 0.1) is 10.6 Å². The molecule has 1 aliphatic heterocycles. The van der Waals surface area contributed by atoms with Crippen LogP contribution in [0.5, 0.6) is 0 Å². The van der Waals surface area contributed by atoms with E-state index in [1.807, 2.05) is 18.2 Å². The highest BCUT2D eigenvalue weighted by Crippen LogP contribution is 2.36. The second kappa shape index (κ2) is 7.66. The Hall–Kier alpha value is -1.82. The molecule has 27 heavy (non-hydrogen) atoms. The highest BCUT2D eigenvalue weighted by molar-refractivity contribution is 7.93. The van der Waals surface area contributed by atoms with Gasteiger partial charge in [-0.1, -0.05) is 29.8 Å². The minimum atomic E-state index is -3.70. The molecule has 0 aromatic heterocycles. The van der Waals surface area contributed by atoms with Crippen LogP contribution in [-0.2, 0) is 10.0 Å². The summed E-state index contributed by atoms with van der Waals surface area (Å²) in [7, 11) is -3.70. The van der Waals surface area contributed by atoms with E-state index in [1.54, 1.807) is 36.4 Å². The Morgan fingerprint density at radius 2 is 1.56 bits per heavy atom. The molecule has 0 spiro atoms. The van der Waals surface area contributed by atoms with E-state index < -0.39 is 10.0 Å². The van der Waals surface area contributed by atoms with Gasteiger partial charge in [0, 0.05) is 29.3 Å². The van der Waals surface area contributed by atoms with Crippen molar-refractivity contribution in [3.8, 4) is 0 Å². The van der Waals surface area contributed by atoms with Gasteiger partial charge in [0.15, 0.2) is 0 Å². The van der Waals surface area contributed by atoms with E-state index in [-0.39, 0.29) is 12.1 Å². The van der Waals surface area contributed by atoms with Crippen LogP contribution in [0.15, 0.2) is 59.1 Å². The van der Waals surface area contributed by atoms with E-state index >= 15 is 0 Å². The molecule has 0 saturated heterocycles. The van der Waals surface area contributed by atoms with Crippen LogP contribution in [0.2, 0.25) is 5.02 Å². The first-order chi connectivity index (χ1) is 12.7. The van der Waals surface area contributed by atoms with Gasteiger partial charge in [0.25, 0.3) is 10.0 Å². The van der Waals surface area contributed by atoms with Gasteiger partial charge >= 0.3 is 0 Å². The molecule has 144 valence electrons. The zero-order valence-corrected chi connectivity index (χ0v) is 17.6. The first kappa shape index (κ1) is 19.9. The number of fused-ring (bicyclic) bond motifs is 1. The quantitative estimate of drug-likeness (QED) is 0.703. The molecule has 1 heterocycles. The van der Waals surface area contributed by atoms with Crippen molar-refractivity contribution < 1.29 is 8.42 Å². The van der Waals surface area contributed by atoms with Crippen molar-refractivity contribution in [3.63, 3.8) is 0 Å². The first-order valence-electron chi connectivity index (χ1n) is 9.08. The van der Waals surface area contributed by atoms with Gasteiger partial charge in [-0.2, -0.15) is 0 Å². The smallest absolute Gasteiger partial charge is 0.269 e. The van der Waals surface area contributed by atoms with E-state index in [4.69, 9.17) is 11.6 Å². The Kier molecular flexibility index (Phi) is 5.65. The summed E-state index contributed by atoms with van der Waals surface area (Å²) in [4.78, 5) is 2.60. The van der Waals surface area contributed by atoms with Crippen LogP contribution in [-0.4, -0.2) is 31.9 Å². The summed E-state index contributed by atoms with van der Waals surface area (Å²) in [6.07, 6.45) is 1.97. The van der Waals surface area contributed by atoms with E-state index in [2.05, 4.69) is 32.6 Å². The summed E-state index contributed by atoms with van der Waals surface area (Å²) in [5.41, 5.74) is 2.05. The van der Waals surface area contributed by atoms with Gasteiger partial charge in [-0.25, -0.2) is 12.7 Å². The number of nitrogens with zero attached hydrogens (tertiary/aromatic N) is 2. The number of hydrogen-bond acceptors (Lipinski definition) is 3. The van der Waals surface area contributed by atoms with Crippen molar-refractivity contribution in [2.45, 2.75) is 44.7 Å². The molecular formula is C21H25ClN2O2S. The third kappa shape index (κ3) is 3.91. The first-order valence-corrected chi connectivity index (χ1v) is 10.9. The number of sulfonamides is 1. The molecule has 0 unspecified atom stereocenters. The van der Waals surface area contributed by atoms with Crippen molar-refractivity contribution >= 4 is 33.4 Å². The normalized spacial score (nSPS) is 16.0. The maximum absolute atomic E-state index is 13.5. The largest absolute Gasteiger partial charge is 0.293 e. The summed E-state index contributed by atoms with van der Waals surface area (Å²) < 4.78 is 28.4. The monoisotopic (exact) mass is 404 g/mol. The number of anilines is 1. The Morgan fingerprint density at radius 1 is 0.963 bits per heavy atom. The fourth-order valence-electron chi connectivity index (χ4n) is 3.46. The molecule has 2 aromatic rings. The van der Waals surface area contributed by atoms with Crippen LogP contribution in [0.3, 0.4) is 0 Å². The minimum absolute atomic E-state index is 0.290. The van der Waals surface area contributed by atoms with E-state index in [0.717, 1.165) is 11.3 Å². The molecule has 0 fully saturated rings. The van der Waals surface area contributed by atoms with Crippen LogP contribution in [0.1, 0.15) is 33.3 Å². The molecule has 0 atom stereocenters. The van der Waals surface area contributed by atoms with Crippen molar-refractivity contribution in [1.29, 1.82) is 0 Å². The SMILES string of the molecule is CC(C)N(CC1=Cc2ccccc2S(=O)(=O)N1c1ccc(Cl)cc1)C(C)C. The second-order valence-electron chi connectivity index (χ2n) is 7.28. The number of benzene rings is 2. The van der Waals surface area contributed by atoms with Crippen LogP contribution in [0.25, 0.3) is 6.08 Å². The molecule has 0 radical (unpaired) electrons. The lowest BCUT2D eigenvalue weighted by atomic mass is 10.1. The summed E-state index contributed by atoms with van der Waals surface area (Å²) >= 11 is 6.02. The maximum Gasteiger partial charge on any atom is 0.269 e. The van der Waals surface area contributed by atoms with Crippen molar-refractivity contribution in [3.05, 3.63) is 64.8 Å². The van der Waals surface area contributed by atoms with E-state index in [9.17, 15) is 8.42 Å². The fraction of sp³-hybridized carbons (Fsp3) is 0.333. The molecule has 0 bridgehead atoms. The molecule has 0 N–H and O–H groups in total. The van der Waals surface area contributed by atoms with Gasteiger partial charge in [0.1, 0.15) is 0 Å². The van der Waals surface area contributed by atoms with Crippen LogP contribution in [0.4, 0.5) is 5.69 Å². The van der Waals surface area contributed by atoms with Gasteiger partial charge in [0.2, 0.25) is 0 Å². The Morgan fingerprint density at radius 3 is 2.15 bits per heavy atom. The van der Waals surface area contributed by atoms with Gasteiger partial charge < -0.3 is 0 Å². The van der Waals surface area contributed by atoms with E-state index in [0.29, 0.717) is 22.2 Å². The molecular weight excluding hydrogens is 380 g/mol. The lowest BCUT2D eigenvalue weighted by Gasteiger charge is -2.37. The maximum atomic E-state index is 13.5. The predicted molar refractivity (Wildman–Crippen MR) is 113 cm³/mol. The van der Waals surface area contributed by atoms with Crippen LogP contribution < -0.4 is 4.31 Å². The third-order valence-electron chi connectivity index (χ3n) is 4.75. The standard InChI is InChI=1S/C21H25ClN2O2S/c1-15(2)23(16(3)4)14-20-13-17-7-5-6-8-21(17)27(25,26)24(20)19-11-9-18(22)10-12-19/h5-13,15-16H,14H2,1-4H3. The molecule has 0 aliphatic carbocycles. The van der Waals surface area contributed by atoms with Crippen LogP contribution in [0, 0.1) is 0 Å². The molecule has 2 aromatic carbocycles. The number of hydrogen-bond donors (Lipinski definition) is 0.